The molecule has 0 atom stereocenters. The summed E-state index contributed by atoms with van der Waals surface area (Å²) in [6.45, 7) is 6.20. The highest BCUT2D eigenvalue weighted by Crippen LogP contribution is 2.26. The number of likely N-dealkylation sites (tertiary alicyclic amines) is 1. The Morgan fingerprint density at radius 2 is 1.86 bits per heavy atom. The first-order valence-corrected chi connectivity index (χ1v) is 7.46. The lowest BCUT2D eigenvalue weighted by Crippen LogP contribution is -2.30. The number of benzene rings is 1. The molecule has 2 rings (SSSR count). The van der Waals surface area contributed by atoms with Gasteiger partial charge in [-0.25, -0.2) is 0 Å². The van der Waals surface area contributed by atoms with Gasteiger partial charge >= 0.3 is 0 Å². The van der Waals surface area contributed by atoms with E-state index in [0.29, 0.717) is 0 Å². The highest BCUT2D eigenvalue weighted by atomic mass is 35.5. The van der Waals surface area contributed by atoms with Gasteiger partial charge in [0, 0.05) is 30.7 Å². The van der Waals surface area contributed by atoms with E-state index in [9.17, 15) is 0 Å². The van der Waals surface area contributed by atoms with Crippen molar-refractivity contribution in [1.82, 2.24) is 9.96 Å². The molecule has 0 aliphatic carbocycles. The fraction of sp³-hybridized carbons (Fsp3) is 0.600. The molecule has 1 saturated heterocycles. The molecule has 0 radical (unpaired) electrons. The number of rotatable bonds is 5. The fourth-order valence-electron chi connectivity index (χ4n) is 2.35. The molecule has 0 saturated carbocycles. The van der Waals surface area contributed by atoms with Crippen molar-refractivity contribution in [3.63, 3.8) is 0 Å². The van der Waals surface area contributed by atoms with E-state index in [1.54, 1.807) is 0 Å². The lowest BCUT2D eigenvalue weighted by atomic mass is 10.1. The number of hydrogen-bond acceptors (Lipinski definition) is 3. The zero-order chi connectivity index (χ0) is 13.7. The first-order valence-electron chi connectivity index (χ1n) is 7.09. The molecule has 0 N–H and O–H groups in total. The Hall–Kier alpha value is -0.190. The minimum Gasteiger partial charge on any atom is -0.406 e. The van der Waals surface area contributed by atoms with Crippen molar-refractivity contribution in [3.05, 3.63) is 28.8 Å². The Morgan fingerprint density at radius 3 is 2.48 bits per heavy atom. The maximum absolute atomic E-state index is 6.12. The molecule has 1 fully saturated rings. The minimum absolute atomic E-state index is 0. The van der Waals surface area contributed by atoms with Gasteiger partial charge in [0.25, 0.3) is 0 Å². The van der Waals surface area contributed by atoms with Crippen LogP contribution in [0.1, 0.15) is 31.7 Å². The van der Waals surface area contributed by atoms with E-state index < -0.39 is 0 Å². The Morgan fingerprint density at radius 1 is 1.19 bits per heavy atom. The summed E-state index contributed by atoms with van der Waals surface area (Å²) < 4.78 is 0. The van der Waals surface area contributed by atoms with Crippen LogP contribution in [0.2, 0.25) is 5.02 Å². The summed E-state index contributed by atoms with van der Waals surface area (Å²) in [6.07, 6.45) is 3.95. The smallest absolute Gasteiger partial charge is 0.152 e. The molecule has 3 nitrogen and oxygen atoms in total. The van der Waals surface area contributed by atoms with Gasteiger partial charge in [0.1, 0.15) is 0 Å². The largest absolute Gasteiger partial charge is 0.406 e. The van der Waals surface area contributed by atoms with Crippen molar-refractivity contribution in [3.8, 4) is 5.75 Å². The summed E-state index contributed by atoms with van der Waals surface area (Å²) >= 11 is 6.12. The van der Waals surface area contributed by atoms with E-state index in [0.717, 1.165) is 23.9 Å². The van der Waals surface area contributed by atoms with Crippen LogP contribution >= 0.6 is 36.4 Å². The third kappa shape index (κ3) is 6.62. The van der Waals surface area contributed by atoms with E-state index in [4.69, 9.17) is 16.4 Å². The van der Waals surface area contributed by atoms with Gasteiger partial charge in [-0.3, -0.25) is 4.90 Å². The third-order valence-electron chi connectivity index (χ3n) is 3.56. The molecule has 1 aliphatic heterocycles. The normalized spacial score (nSPS) is 15.2. The van der Waals surface area contributed by atoms with E-state index >= 15 is 0 Å². The van der Waals surface area contributed by atoms with Gasteiger partial charge < -0.3 is 4.84 Å². The predicted molar refractivity (Wildman–Crippen MR) is 94.0 cm³/mol. The Bertz CT molecular complexity index is 412. The second-order valence-corrected chi connectivity index (χ2v) is 5.56. The summed E-state index contributed by atoms with van der Waals surface area (Å²) in [5.74, 6) is 0.916. The molecule has 1 heterocycles. The second-order valence-electron chi connectivity index (χ2n) is 5.12. The fourth-order valence-corrected chi connectivity index (χ4v) is 2.55. The van der Waals surface area contributed by atoms with Crippen molar-refractivity contribution >= 4 is 36.4 Å². The van der Waals surface area contributed by atoms with E-state index in [-0.39, 0.29) is 24.8 Å². The summed E-state index contributed by atoms with van der Waals surface area (Å²) in [5, 5.41) is 2.61. The summed E-state index contributed by atoms with van der Waals surface area (Å²) in [5.41, 5.74) is 1.18. The SMILES string of the molecule is CCN(C)Oc1ccc(Cl)cc1CN1CCCCC1.Cl.Cl. The first kappa shape index (κ1) is 20.8. The first-order chi connectivity index (χ1) is 9.19. The number of nitrogens with zero attached hydrogens (tertiary/aromatic N) is 2. The van der Waals surface area contributed by atoms with Crippen LogP contribution in [0.3, 0.4) is 0 Å². The minimum atomic E-state index is 0. The molecule has 0 unspecified atom stereocenters. The monoisotopic (exact) mass is 354 g/mol. The van der Waals surface area contributed by atoms with Crippen molar-refractivity contribution in [2.75, 3.05) is 26.7 Å². The van der Waals surface area contributed by atoms with Crippen LogP contribution < -0.4 is 4.84 Å². The lowest BCUT2D eigenvalue weighted by molar-refractivity contribution is -0.0278. The van der Waals surface area contributed by atoms with Gasteiger partial charge in [-0.15, -0.1) is 29.9 Å². The highest BCUT2D eigenvalue weighted by Gasteiger charge is 2.14. The van der Waals surface area contributed by atoms with Gasteiger partial charge in [-0.1, -0.05) is 18.0 Å². The van der Waals surface area contributed by atoms with E-state index in [1.165, 1.54) is 37.9 Å². The Balaban J connectivity index is 0.00000200. The molecule has 21 heavy (non-hydrogen) atoms. The lowest BCUT2D eigenvalue weighted by Gasteiger charge is -2.27. The van der Waals surface area contributed by atoms with Crippen LogP contribution in [0.4, 0.5) is 0 Å². The van der Waals surface area contributed by atoms with Crippen molar-refractivity contribution in [2.45, 2.75) is 32.7 Å². The maximum atomic E-state index is 6.12. The summed E-state index contributed by atoms with van der Waals surface area (Å²) in [4.78, 5) is 8.32. The molecule has 122 valence electrons. The molecule has 0 spiro atoms. The van der Waals surface area contributed by atoms with Gasteiger partial charge in [-0.05, 0) is 51.1 Å². The van der Waals surface area contributed by atoms with Crippen LogP contribution in [0, 0.1) is 0 Å². The summed E-state index contributed by atoms with van der Waals surface area (Å²) in [6, 6.07) is 5.88. The van der Waals surface area contributed by atoms with Crippen LogP contribution in [-0.4, -0.2) is 36.6 Å². The molecule has 1 aromatic carbocycles. The van der Waals surface area contributed by atoms with Gasteiger partial charge in [0.2, 0.25) is 0 Å². The molecule has 0 amide bonds. The predicted octanol–water partition coefficient (Wildman–Crippen LogP) is 4.42. The highest BCUT2D eigenvalue weighted by molar-refractivity contribution is 6.30. The zero-order valence-electron chi connectivity index (χ0n) is 12.7. The molecular formula is C15H25Cl3N2O. The topological polar surface area (TPSA) is 15.7 Å². The molecule has 1 aliphatic rings. The van der Waals surface area contributed by atoms with Gasteiger partial charge in [0.15, 0.2) is 5.75 Å². The van der Waals surface area contributed by atoms with Crippen LogP contribution in [0.25, 0.3) is 0 Å². The number of hydroxylamine groups is 2. The van der Waals surface area contributed by atoms with Crippen LogP contribution in [0.15, 0.2) is 18.2 Å². The molecule has 6 heteroatoms. The Kier molecular flexibility index (Phi) is 10.4. The Labute approximate surface area is 145 Å². The van der Waals surface area contributed by atoms with Crippen molar-refractivity contribution < 1.29 is 4.84 Å². The molecule has 0 aromatic heterocycles. The second kappa shape index (κ2) is 10.5. The quantitative estimate of drug-likeness (QED) is 0.727. The standard InChI is InChI=1S/C15H23ClN2O.2ClH/c1-3-17(2)19-15-8-7-14(16)11-13(15)12-18-9-5-4-6-10-18;;/h7-8,11H,3-6,9-10,12H2,1-2H3;2*1H. The third-order valence-corrected chi connectivity index (χ3v) is 3.80. The van der Waals surface area contributed by atoms with Gasteiger partial charge in [-0.2, -0.15) is 0 Å². The number of halogens is 3. The average molecular weight is 356 g/mol. The number of hydrogen-bond donors (Lipinski definition) is 0. The van der Waals surface area contributed by atoms with Gasteiger partial charge in [0.05, 0.1) is 0 Å². The van der Waals surface area contributed by atoms with Crippen molar-refractivity contribution in [1.29, 1.82) is 0 Å². The van der Waals surface area contributed by atoms with E-state index in [1.807, 2.05) is 30.3 Å². The molecular weight excluding hydrogens is 331 g/mol. The summed E-state index contributed by atoms with van der Waals surface area (Å²) in [7, 11) is 1.94. The number of piperidine rings is 1. The van der Waals surface area contributed by atoms with E-state index in [2.05, 4.69) is 11.8 Å². The van der Waals surface area contributed by atoms with Crippen molar-refractivity contribution in [2.24, 2.45) is 0 Å². The van der Waals surface area contributed by atoms with Crippen LogP contribution in [-0.2, 0) is 6.54 Å². The van der Waals surface area contributed by atoms with Crippen LogP contribution in [0.5, 0.6) is 5.75 Å². The maximum Gasteiger partial charge on any atom is 0.152 e. The average Bonchev–Trinajstić information content (AvgIpc) is 2.43. The zero-order valence-corrected chi connectivity index (χ0v) is 15.1. The molecule has 0 bridgehead atoms. The molecule has 1 aromatic rings.